The highest BCUT2D eigenvalue weighted by Gasteiger charge is 2.47. The average Bonchev–Trinajstić information content (AvgIpc) is 3.13. The van der Waals surface area contributed by atoms with Crippen LogP contribution in [0.4, 0.5) is 11.4 Å². The van der Waals surface area contributed by atoms with E-state index in [1.54, 1.807) is 30.3 Å². The number of aliphatic hydroxyl groups is 1. The third kappa shape index (κ3) is 4.21. The molecule has 1 heterocycles. The predicted octanol–water partition coefficient (Wildman–Crippen LogP) is 4.70. The molecule has 0 bridgehead atoms. The molecule has 1 aliphatic rings. The quantitative estimate of drug-likeness (QED) is 0.318. The summed E-state index contributed by atoms with van der Waals surface area (Å²) in [5.74, 6) is -0.902. The van der Waals surface area contributed by atoms with Crippen LogP contribution in [0, 0.1) is 6.92 Å². The molecule has 1 N–H and O–H groups in total. The van der Waals surface area contributed by atoms with E-state index >= 15 is 0 Å². The molecular formula is C28H28N2O5. The van der Waals surface area contributed by atoms with Crippen molar-refractivity contribution in [3.63, 3.8) is 0 Å². The molecule has 180 valence electrons. The number of rotatable bonds is 6. The number of methoxy groups -OCH3 is 2. The minimum atomic E-state index is -0.812. The molecule has 1 atom stereocenters. The van der Waals surface area contributed by atoms with Crippen molar-refractivity contribution in [2.24, 2.45) is 0 Å². The van der Waals surface area contributed by atoms with E-state index in [2.05, 4.69) is 0 Å². The Hall–Kier alpha value is -4.26. The van der Waals surface area contributed by atoms with Crippen molar-refractivity contribution in [1.29, 1.82) is 0 Å². The Balaban J connectivity index is 1.95. The molecule has 4 rings (SSSR count). The second-order valence-electron chi connectivity index (χ2n) is 8.50. The standard InChI is InChI=1S/C28H28N2O5/c1-17-8-6-7-9-21(17)25-24(26(31)22-15-14-20(34-4)16-23(22)35-5)27(32)28(33)30(25)19-12-10-18(11-13-19)29(2)3/h6-16,25,31H,1-5H3/b26-24+. The number of anilines is 2. The fraction of sp³-hybridized carbons (Fsp3) is 0.214. The number of benzene rings is 3. The van der Waals surface area contributed by atoms with Crippen LogP contribution in [0.3, 0.4) is 0 Å². The molecule has 0 spiro atoms. The molecule has 1 unspecified atom stereocenters. The van der Waals surface area contributed by atoms with Crippen molar-refractivity contribution >= 4 is 28.8 Å². The van der Waals surface area contributed by atoms with E-state index in [9.17, 15) is 14.7 Å². The van der Waals surface area contributed by atoms with Gasteiger partial charge in [-0.05, 0) is 54.4 Å². The topological polar surface area (TPSA) is 79.3 Å². The Bertz CT molecular complexity index is 1310. The summed E-state index contributed by atoms with van der Waals surface area (Å²) in [5.41, 5.74) is 3.46. The molecule has 3 aromatic carbocycles. The number of carbonyl (C=O) groups is 2. The molecule has 1 aliphatic heterocycles. The lowest BCUT2D eigenvalue weighted by Crippen LogP contribution is -2.29. The molecule has 1 saturated heterocycles. The van der Waals surface area contributed by atoms with E-state index < -0.39 is 17.7 Å². The van der Waals surface area contributed by atoms with Crippen LogP contribution in [0.5, 0.6) is 11.5 Å². The highest BCUT2D eigenvalue weighted by Crippen LogP contribution is 2.44. The summed E-state index contributed by atoms with van der Waals surface area (Å²) in [4.78, 5) is 30.2. The molecule has 7 heteroatoms. The summed E-state index contributed by atoms with van der Waals surface area (Å²) in [5, 5.41) is 11.4. The van der Waals surface area contributed by atoms with Crippen LogP contribution >= 0.6 is 0 Å². The van der Waals surface area contributed by atoms with Gasteiger partial charge in [-0.2, -0.15) is 0 Å². The van der Waals surface area contributed by atoms with Gasteiger partial charge >= 0.3 is 0 Å². The van der Waals surface area contributed by atoms with E-state index in [1.807, 2.05) is 62.3 Å². The zero-order valence-electron chi connectivity index (χ0n) is 20.4. The molecule has 1 fully saturated rings. The van der Waals surface area contributed by atoms with E-state index in [0.717, 1.165) is 16.8 Å². The van der Waals surface area contributed by atoms with Crippen molar-refractivity contribution in [3.8, 4) is 11.5 Å². The molecule has 3 aromatic rings. The van der Waals surface area contributed by atoms with Crippen LogP contribution < -0.4 is 19.3 Å². The number of aliphatic hydroxyl groups excluding tert-OH is 1. The molecule has 0 aliphatic carbocycles. The molecule has 0 saturated carbocycles. The van der Waals surface area contributed by atoms with Gasteiger partial charge in [0.1, 0.15) is 17.3 Å². The van der Waals surface area contributed by atoms with E-state index in [4.69, 9.17) is 9.47 Å². The van der Waals surface area contributed by atoms with Crippen LogP contribution in [0.15, 0.2) is 72.3 Å². The summed E-state index contributed by atoms with van der Waals surface area (Å²) >= 11 is 0. The van der Waals surface area contributed by atoms with Crippen molar-refractivity contribution in [2.75, 3.05) is 38.1 Å². The highest BCUT2D eigenvalue weighted by molar-refractivity contribution is 6.51. The Labute approximate surface area is 204 Å². The van der Waals surface area contributed by atoms with Gasteiger partial charge in [0.2, 0.25) is 0 Å². The molecule has 7 nitrogen and oxygen atoms in total. The first kappa shape index (κ1) is 23.9. The van der Waals surface area contributed by atoms with Gasteiger partial charge in [-0.15, -0.1) is 0 Å². The van der Waals surface area contributed by atoms with Gasteiger partial charge in [0, 0.05) is 31.5 Å². The maximum atomic E-state index is 13.4. The summed E-state index contributed by atoms with van der Waals surface area (Å²) in [6.07, 6.45) is 0. The van der Waals surface area contributed by atoms with Gasteiger partial charge in [0.25, 0.3) is 11.7 Å². The van der Waals surface area contributed by atoms with Gasteiger partial charge in [0.05, 0.1) is 31.4 Å². The largest absolute Gasteiger partial charge is 0.507 e. The number of ether oxygens (including phenoxy) is 2. The first-order chi connectivity index (χ1) is 16.8. The van der Waals surface area contributed by atoms with Crippen LogP contribution in [-0.2, 0) is 9.59 Å². The lowest BCUT2D eigenvalue weighted by Gasteiger charge is -2.27. The Kier molecular flexibility index (Phi) is 6.51. The summed E-state index contributed by atoms with van der Waals surface area (Å²) < 4.78 is 10.7. The Morgan fingerprint density at radius 2 is 1.63 bits per heavy atom. The third-order valence-electron chi connectivity index (χ3n) is 6.24. The maximum absolute atomic E-state index is 13.4. The number of carbonyl (C=O) groups excluding carboxylic acids is 2. The summed E-state index contributed by atoms with van der Waals surface area (Å²) in [6.45, 7) is 1.92. The average molecular weight is 473 g/mol. The van der Waals surface area contributed by atoms with Crippen molar-refractivity contribution in [1.82, 2.24) is 0 Å². The second kappa shape index (κ2) is 9.54. The van der Waals surface area contributed by atoms with Gasteiger partial charge < -0.3 is 19.5 Å². The number of amides is 1. The molecule has 0 aromatic heterocycles. The van der Waals surface area contributed by atoms with Crippen LogP contribution in [0.25, 0.3) is 5.76 Å². The highest BCUT2D eigenvalue weighted by atomic mass is 16.5. The number of aryl methyl sites for hydroxylation is 1. The first-order valence-electron chi connectivity index (χ1n) is 11.1. The van der Waals surface area contributed by atoms with Gasteiger partial charge in [-0.25, -0.2) is 0 Å². The molecule has 0 radical (unpaired) electrons. The van der Waals surface area contributed by atoms with Crippen LogP contribution in [0.2, 0.25) is 0 Å². The lowest BCUT2D eigenvalue weighted by molar-refractivity contribution is -0.132. The minimum Gasteiger partial charge on any atom is -0.507 e. The fourth-order valence-electron chi connectivity index (χ4n) is 4.34. The third-order valence-corrected chi connectivity index (χ3v) is 6.24. The zero-order valence-corrected chi connectivity index (χ0v) is 20.4. The Morgan fingerprint density at radius 1 is 0.943 bits per heavy atom. The number of hydrogen-bond donors (Lipinski definition) is 1. The number of nitrogens with zero attached hydrogens (tertiary/aromatic N) is 2. The minimum absolute atomic E-state index is 0.00412. The van der Waals surface area contributed by atoms with E-state index in [1.165, 1.54) is 19.1 Å². The zero-order chi connectivity index (χ0) is 25.3. The number of ketones is 1. The number of hydrogen-bond acceptors (Lipinski definition) is 6. The van der Waals surface area contributed by atoms with Crippen molar-refractivity contribution in [2.45, 2.75) is 13.0 Å². The molecule has 35 heavy (non-hydrogen) atoms. The molecule has 1 amide bonds. The van der Waals surface area contributed by atoms with E-state index in [-0.39, 0.29) is 11.3 Å². The monoisotopic (exact) mass is 472 g/mol. The lowest BCUT2D eigenvalue weighted by atomic mass is 9.92. The number of Topliss-reactive ketones (excluding diaryl/α,β-unsaturated/α-hetero) is 1. The normalized spacial score (nSPS) is 16.9. The predicted molar refractivity (Wildman–Crippen MR) is 136 cm³/mol. The van der Waals surface area contributed by atoms with Gasteiger partial charge in [-0.1, -0.05) is 24.3 Å². The van der Waals surface area contributed by atoms with Gasteiger partial charge in [0.15, 0.2) is 0 Å². The van der Waals surface area contributed by atoms with Crippen LogP contribution in [0.1, 0.15) is 22.7 Å². The van der Waals surface area contributed by atoms with E-state index in [0.29, 0.717) is 22.7 Å². The Morgan fingerprint density at radius 3 is 2.23 bits per heavy atom. The first-order valence-corrected chi connectivity index (χ1v) is 11.1. The van der Waals surface area contributed by atoms with Crippen molar-refractivity contribution in [3.05, 3.63) is 89.0 Å². The summed E-state index contributed by atoms with van der Waals surface area (Å²) in [6, 6.07) is 19.0. The van der Waals surface area contributed by atoms with Gasteiger partial charge in [-0.3, -0.25) is 14.5 Å². The van der Waals surface area contributed by atoms with Crippen LogP contribution in [-0.4, -0.2) is 45.1 Å². The SMILES string of the molecule is COc1ccc(/C(O)=C2\C(=O)C(=O)N(c3ccc(N(C)C)cc3)C2c2ccccc2C)c(OC)c1. The summed E-state index contributed by atoms with van der Waals surface area (Å²) in [7, 11) is 6.85. The maximum Gasteiger partial charge on any atom is 0.300 e. The smallest absolute Gasteiger partial charge is 0.300 e. The fourth-order valence-corrected chi connectivity index (χ4v) is 4.34. The molecular weight excluding hydrogens is 444 g/mol. The second-order valence-corrected chi connectivity index (χ2v) is 8.50. The van der Waals surface area contributed by atoms with Crippen molar-refractivity contribution < 1.29 is 24.2 Å².